The molecule has 7 nitrogen and oxygen atoms in total. The summed E-state index contributed by atoms with van der Waals surface area (Å²) in [6, 6.07) is 23.9. The van der Waals surface area contributed by atoms with Crippen molar-refractivity contribution in [1.82, 2.24) is 4.90 Å². The first-order chi connectivity index (χ1) is 19.6. The number of ether oxygens (including phenoxy) is 2. The van der Waals surface area contributed by atoms with E-state index in [9.17, 15) is 14.7 Å². The second-order valence-electron chi connectivity index (χ2n) is 11.5. The molecule has 2 heterocycles. The number of halogens is 1. The van der Waals surface area contributed by atoms with Crippen molar-refractivity contribution in [1.29, 1.82) is 0 Å². The third-order valence-electron chi connectivity index (χ3n) is 8.87. The minimum Gasteiger partial charge on any atom is -0.497 e. The van der Waals surface area contributed by atoms with Crippen LogP contribution in [-0.2, 0) is 26.5 Å². The topological polar surface area (TPSA) is 88.1 Å². The summed E-state index contributed by atoms with van der Waals surface area (Å²) in [5, 5.41) is 14.1. The molecule has 0 radical (unpaired) electrons. The van der Waals surface area contributed by atoms with E-state index in [1.165, 1.54) is 5.19 Å². The summed E-state index contributed by atoms with van der Waals surface area (Å²) in [6.45, 7) is 7.21. The smallest absolute Gasteiger partial charge is 0.261 e. The van der Waals surface area contributed by atoms with Crippen LogP contribution in [-0.4, -0.2) is 56.3 Å². The van der Waals surface area contributed by atoms with Gasteiger partial charge in [-0.25, -0.2) is 0 Å². The molecular formula is C32H37IN2O5Si. The van der Waals surface area contributed by atoms with E-state index in [2.05, 4.69) is 60.1 Å². The number of anilines is 1. The van der Waals surface area contributed by atoms with E-state index >= 15 is 0 Å². The number of carbonyl (C=O) groups is 2. The first-order valence-electron chi connectivity index (χ1n) is 14.0. The molecule has 2 aliphatic rings. The fourth-order valence-electron chi connectivity index (χ4n) is 6.82. The fourth-order valence-corrected chi connectivity index (χ4v) is 11.3. The van der Waals surface area contributed by atoms with Crippen molar-refractivity contribution in [3.8, 4) is 5.75 Å². The van der Waals surface area contributed by atoms with Gasteiger partial charge >= 0.3 is 0 Å². The van der Waals surface area contributed by atoms with Crippen LogP contribution in [0.15, 0.2) is 72.8 Å². The number of nitrogens with zero attached hydrogens (tertiary/aromatic N) is 1. The summed E-state index contributed by atoms with van der Waals surface area (Å²) in [4.78, 5) is 29.4. The molecule has 1 fully saturated rings. The highest BCUT2D eigenvalue weighted by molar-refractivity contribution is 14.1. The third kappa shape index (κ3) is 5.44. The zero-order valence-electron chi connectivity index (χ0n) is 23.9. The van der Waals surface area contributed by atoms with Crippen LogP contribution in [0.3, 0.4) is 0 Å². The first-order valence-corrected chi connectivity index (χ1v) is 18.1. The van der Waals surface area contributed by atoms with Crippen LogP contribution in [0.1, 0.15) is 24.5 Å². The maximum absolute atomic E-state index is 13.9. The number of hydrogen-bond acceptors (Lipinski definition) is 5. The zero-order valence-corrected chi connectivity index (χ0v) is 27.1. The lowest BCUT2D eigenvalue weighted by Crippen LogP contribution is -2.52. The van der Waals surface area contributed by atoms with Crippen molar-refractivity contribution >= 4 is 53.4 Å². The van der Waals surface area contributed by atoms with Crippen molar-refractivity contribution in [2.45, 2.75) is 50.2 Å². The lowest BCUT2D eigenvalue weighted by Gasteiger charge is -2.37. The van der Waals surface area contributed by atoms with Crippen LogP contribution in [0.5, 0.6) is 5.75 Å². The Morgan fingerprint density at radius 2 is 1.83 bits per heavy atom. The third-order valence-corrected chi connectivity index (χ3v) is 13.9. The molecule has 0 bridgehead atoms. The number of benzene rings is 3. The summed E-state index contributed by atoms with van der Waals surface area (Å²) in [5.74, 6) is 0.349. The number of nitrogens with one attached hydrogen (secondary N) is 1. The molecule has 3 aromatic carbocycles. The van der Waals surface area contributed by atoms with Gasteiger partial charge in [-0.1, -0.05) is 67.7 Å². The predicted octanol–water partition coefficient (Wildman–Crippen LogP) is 4.88. The van der Waals surface area contributed by atoms with Crippen LogP contribution < -0.4 is 15.2 Å². The number of amides is 2. The molecule has 0 unspecified atom stereocenters. The van der Waals surface area contributed by atoms with Crippen LogP contribution in [0, 0.1) is 9.49 Å². The normalized spacial score (nSPS) is 23.4. The Bertz CT molecular complexity index is 1420. The number of carbonyl (C=O) groups excluding carboxylic acids is 2. The predicted molar refractivity (Wildman–Crippen MR) is 171 cm³/mol. The number of aliphatic hydroxyl groups is 1. The van der Waals surface area contributed by atoms with Gasteiger partial charge in [0.25, 0.3) is 5.91 Å². The Hall–Kier alpha value is -2.73. The highest BCUT2D eigenvalue weighted by Gasteiger charge is 2.65. The van der Waals surface area contributed by atoms with E-state index in [4.69, 9.17) is 9.47 Å². The molecular weight excluding hydrogens is 647 g/mol. The summed E-state index contributed by atoms with van der Waals surface area (Å²) < 4.78 is 13.3. The van der Waals surface area contributed by atoms with E-state index in [-0.39, 0.29) is 42.8 Å². The largest absolute Gasteiger partial charge is 0.497 e. The summed E-state index contributed by atoms with van der Waals surface area (Å²) in [7, 11) is -0.689. The lowest BCUT2D eigenvalue weighted by molar-refractivity contribution is -0.148. The van der Waals surface area contributed by atoms with E-state index in [1.807, 2.05) is 60.7 Å². The molecule has 216 valence electrons. The molecule has 5 rings (SSSR count). The highest BCUT2D eigenvalue weighted by Crippen LogP contribution is 2.58. The Labute approximate surface area is 256 Å². The van der Waals surface area contributed by atoms with Gasteiger partial charge in [-0.05, 0) is 64.0 Å². The van der Waals surface area contributed by atoms with Crippen molar-refractivity contribution in [3.05, 3.63) is 87.5 Å². The second kappa shape index (κ2) is 11.9. The van der Waals surface area contributed by atoms with Crippen LogP contribution in [0.25, 0.3) is 0 Å². The number of hydrogen-bond donors (Lipinski definition) is 2. The monoisotopic (exact) mass is 684 g/mol. The Balaban J connectivity index is 1.54. The number of methoxy groups -OCH3 is 1. The van der Waals surface area contributed by atoms with Gasteiger partial charge < -0.3 is 24.8 Å². The van der Waals surface area contributed by atoms with Crippen molar-refractivity contribution in [3.63, 3.8) is 0 Å². The molecule has 2 amide bonds. The number of rotatable bonds is 9. The molecule has 2 N–H and O–H groups in total. The zero-order chi connectivity index (χ0) is 29.4. The van der Waals surface area contributed by atoms with Crippen LogP contribution >= 0.6 is 22.6 Å². The van der Waals surface area contributed by atoms with Crippen molar-refractivity contribution < 1.29 is 24.2 Å². The Morgan fingerprint density at radius 3 is 2.49 bits per heavy atom. The van der Waals surface area contributed by atoms with Gasteiger partial charge in [0.15, 0.2) is 5.60 Å². The van der Waals surface area contributed by atoms with Gasteiger partial charge in [0.05, 0.1) is 34.3 Å². The van der Waals surface area contributed by atoms with Gasteiger partial charge in [0, 0.05) is 33.8 Å². The van der Waals surface area contributed by atoms with Crippen LogP contribution in [0.2, 0.25) is 18.6 Å². The lowest BCUT2D eigenvalue weighted by atomic mass is 9.82. The van der Waals surface area contributed by atoms with Gasteiger partial charge in [-0.2, -0.15) is 0 Å². The molecule has 0 aromatic heterocycles. The average molecular weight is 685 g/mol. The maximum atomic E-state index is 13.9. The summed E-state index contributed by atoms with van der Waals surface area (Å²) >= 11 is 2.27. The number of fused-ring (bicyclic) bond motifs is 2. The van der Waals surface area contributed by atoms with E-state index in [0.29, 0.717) is 6.54 Å². The van der Waals surface area contributed by atoms with E-state index < -0.39 is 19.8 Å². The van der Waals surface area contributed by atoms with Gasteiger partial charge in [0.2, 0.25) is 5.91 Å². The molecule has 3 aromatic rings. The van der Waals surface area contributed by atoms with E-state index in [0.717, 1.165) is 26.1 Å². The second-order valence-corrected chi connectivity index (χ2v) is 17.5. The van der Waals surface area contributed by atoms with E-state index in [1.54, 1.807) is 12.0 Å². The van der Waals surface area contributed by atoms with Crippen LogP contribution in [0.4, 0.5) is 5.69 Å². The van der Waals surface area contributed by atoms with Gasteiger partial charge in [-0.3, -0.25) is 9.59 Å². The highest BCUT2D eigenvalue weighted by atomic mass is 127. The quantitative estimate of drug-likeness (QED) is 0.248. The molecule has 1 spiro atoms. The molecule has 2 aliphatic heterocycles. The Morgan fingerprint density at radius 1 is 1.12 bits per heavy atom. The fraction of sp³-hybridized carbons (Fsp3) is 0.375. The van der Waals surface area contributed by atoms with Crippen molar-refractivity contribution in [2.24, 2.45) is 5.92 Å². The summed E-state index contributed by atoms with van der Waals surface area (Å²) in [5.41, 5.74) is 1.39. The molecule has 1 saturated heterocycles. The molecule has 0 saturated carbocycles. The SMILES string of the molecule is COc1ccc([Si](C)(C)[C@@H]2[C@@H](CC(=O)N(CCO)Cc3ccccc3)O[C@]3(C(=O)Nc4ccc(I)cc43)[C@H]2C)cc1. The average Bonchev–Trinajstić information content (AvgIpc) is 3.41. The van der Waals surface area contributed by atoms with Gasteiger partial charge in [-0.15, -0.1) is 0 Å². The summed E-state index contributed by atoms with van der Waals surface area (Å²) in [6.07, 6.45) is -0.351. The molecule has 41 heavy (non-hydrogen) atoms. The molecule has 0 aliphatic carbocycles. The maximum Gasteiger partial charge on any atom is 0.261 e. The molecule has 9 heteroatoms. The molecule has 4 atom stereocenters. The Kier molecular flexibility index (Phi) is 8.61. The minimum atomic E-state index is -2.34. The standard InChI is InChI=1S/C32H37IN2O5Si/c1-21-30(41(3,4)25-13-11-24(39-2)12-14-25)28(19-29(37)35(16-17-36)20-22-8-6-5-7-9-22)40-32(21)26-18-23(33)10-15-27(26)34-31(32)38/h5-15,18,21,28,30,36H,16-17,19-20H2,1-4H3,(H,34,38)/t21-,28+,30-,32+/m0/s1. The first kappa shape index (κ1) is 29.7. The minimum absolute atomic E-state index is 0.0397. The number of aliphatic hydroxyl groups excluding tert-OH is 1. The van der Waals surface area contributed by atoms with Gasteiger partial charge in [0.1, 0.15) is 5.75 Å². The van der Waals surface area contributed by atoms with Crippen molar-refractivity contribution in [2.75, 3.05) is 25.6 Å².